The molecule has 1 rings (SSSR count). The first-order valence-electron chi connectivity index (χ1n) is 4.12. The van der Waals surface area contributed by atoms with Crippen LogP contribution in [0.1, 0.15) is 11.6 Å². The lowest BCUT2D eigenvalue weighted by Crippen LogP contribution is -2.18. The Balaban J connectivity index is 2.20. The normalized spacial score (nSPS) is 12.0. The molecule has 0 spiro atoms. The first-order chi connectivity index (χ1) is 7.01. The Labute approximate surface area is 88.8 Å². The van der Waals surface area contributed by atoms with Gasteiger partial charge in [-0.05, 0) is 0 Å². The van der Waals surface area contributed by atoms with Gasteiger partial charge < -0.3 is 4.74 Å². The van der Waals surface area contributed by atoms with E-state index in [0.29, 0.717) is 11.6 Å². The first-order valence-corrected chi connectivity index (χ1v) is 4.65. The molecule has 0 saturated carbocycles. The van der Waals surface area contributed by atoms with Crippen molar-refractivity contribution in [2.24, 2.45) is 0 Å². The quantitative estimate of drug-likeness (QED) is 0.632. The highest BCUT2D eigenvalue weighted by Gasteiger charge is 2.27. The molecule has 0 fully saturated rings. The van der Waals surface area contributed by atoms with Gasteiger partial charge in [0.25, 0.3) is 0 Å². The minimum atomic E-state index is -4.29. The predicted octanol–water partition coefficient (Wildman–Crippen LogP) is 1.66. The van der Waals surface area contributed by atoms with Gasteiger partial charge in [0, 0.05) is 6.42 Å². The van der Waals surface area contributed by atoms with Crippen LogP contribution in [0.5, 0.6) is 0 Å². The fourth-order valence-electron chi connectivity index (χ4n) is 0.858. The standard InChI is InChI=1S/C7H9ClF3N3O/c8-3-6-12-5(13-14-6)1-2-15-4-7(9,10)11/h1-4H2,(H,12,13,14). The molecule has 0 aliphatic carbocycles. The molecule has 1 N–H and O–H groups in total. The zero-order valence-electron chi connectivity index (χ0n) is 7.64. The minimum Gasteiger partial charge on any atom is -0.372 e. The maximum absolute atomic E-state index is 11.7. The monoisotopic (exact) mass is 243 g/mol. The van der Waals surface area contributed by atoms with E-state index in [9.17, 15) is 13.2 Å². The Hall–Kier alpha value is -0.820. The summed E-state index contributed by atoms with van der Waals surface area (Å²) in [6.45, 7) is -1.32. The zero-order chi connectivity index (χ0) is 11.3. The smallest absolute Gasteiger partial charge is 0.372 e. The van der Waals surface area contributed by atoms with E-state index >= 15 is 0 Å². The van der Waals surface area contributed by atoms with Gasteiger partial charge in [-0.15, -0.1) is 11.6 Å². The van der Waals surface area contributed by atoms with E-state index < -0.39 is 12.8 Å². The molecule has 0 radical (unpaired) electrons. The van der Waals surface area contributed by atoms with Crippen molar-refractivity contribution in [3.63, 3.8) is 0 Å². The topological polar surface area (TPSA) is 50.8 Å². The lowest BCUT2D eigenvalue weighted by Gasteiger charge is -2.05. The number of H-pyrrole nitrogens is 1. The third kappa shape index (κ3) is 4.98. The summed E-state index contributed by atoms with van der Waals surface area (Å²) in [4.78, 5) is 3.90. The molecule has 0 atom stereocenters. The molecule has 0 saturated heterocycles. The fraction of sp³-hybridized carbons (Fsp3) is 0.714. The molecule has 0 aliphatic rings. The van der Waals surface area contributed by atoms with Crippen LogP contribution in [-0.2, 0) is 17.0 Å². The molecule has 8 heteroatoms. The molecule has 0 aliphatic heterocycles. The first kappa shape index (κ1) is 12.3. The number of nitrogens with zero attached hydrogens (tertiary/aromatic N) is 2. The van der Waals surface area contributed by atoms with Crippen LogP contribution in [0.3, 0.4) is 0 Å². The number of ether oxygens (including phenoxy) is 1. The molecule has 1 heterocycles. The lowest BCUT2D eigenvalue weighted by atomic mass is 10.4. The van der Waals surface area contributed by atoms with E-state index in [1.807, 2.05) is 0 Å². The largest absolute Gasteiger partial charge is 0.411 e. The van der Waals surface area contributed by atoms with Crippen molar-refractivity contribution in [2.75, 3.05) is 13.2 Å². The molecule has 1 aromatic heterocycles. The number of hydrogen-bond donors (Lipinski definition) is 1. The second kappa shape index (κ2) is 5.32. The maximum Gasteiger partial charge on any atom is 0.411 e. The van der Waals surface area contributed by atoms with Crippen molar-refractivity contribution in [3.05, 3.63) is 11.6 Å². The van der Waals surface area contributed by atoms with Gasteiger partial charge in [-0.2, -0.15) is 18.3 Å². The number of aromatic nitrogens is 3. The highest BCUT2D eigenvalue weighted by Crippen LogP contribution is 2.14. The Morgan fingerprint density at radius 1 is 1.40 bits per heavy atom. The summed E-state index contributed by atoms with van der Waals surface area (Å²) in [5.41, 5.74) is 0. The summed E-state index contributed by atoms with van der Waals surface area (Å²) in [7, 11) is 0. The molecular weight excluding hydrogens is 235 g/mol. The Morgan fingerprint density at radius 2 is 2.13 bits per heavy atom. The van der Waals surface area contributed by atoms with Crippen LogP contribution in [0.2, 0.25) is 0 Å². The third-order valence-corrected chi connectivity index (χ3v) is 1.69. The van der Waals surface area contributed by atoms with Crippen LogP contribution in [-0.4, -0.2) is 34.6 Å². The van der Waals surface area contributed by atoms with E-state index in [-0.39, 0.29) is 18.9 Å². The second-order valence-electron chi connectivity index (χ2n) is 2.75. The molecule has 86 valence electrons. The molecule has 0 aromatic carbocycles. The number of alkyl halides is 4. The van der Waals surface area contributed by atoms with E-state index in [1.54, 1.807) is 0 Å². The van der Waals surface area contributed by atoms with Gasteiger partial charge in [0.2, 0.25) is 0 Å². The van der Waals surface area contributed by atoms with Crippen LogP contribution in [0.25, 0.3) is 0 Å². The molecule has 4 nitrogen and oxygen atoms in total. The zero-order valence-corrected chi connectivity index (χ0v) is 8.40. The number of aromatic amines is 1. The van der Waals surface area contributed by atoms with Crippen LogP contribution in [0, 0.1) is 0 Å². The highest BCUT2D eigenvalue weighted by molar-refractivity contribution is 6.16. The van der Waals surface area contributed by atoms with Gasteiger partial charge in [0.1, 0.15) is 12.4 Å². The second-order valence-corrected chi connectivity index (χ2v) is 3.02. The summed E-state index contributed by atoms with van der Waals surface area (Å²) in [5, 5.41) is 6.28. The van der Waals surface area contributed by atoms with E-state index in [0.717, 1.165) is 0 Å². The molecule has 0 amide bonds. The van der Waals surface area contributed by atoms with Crippen molar-refractivity contribution in [3.8, 4) is 0 Å². The minimum absolute atomic E-state index is 0.0703. The summed E-state index contributed by atoms with van der Waals surface area (Å²) < 4.78 is 39.4. The van der Waals surface area contributed by atoms with Crippen molar-refractivity contribution in [2.45, 2.75) is 18.5 Å². The van der Waals surface area contributed by atoms with E-state index in [2.05, 4.69) is 19.9 Å². The Kier molecular flexibility index (Phi) is 4.34. The lowest BCUT2D eigenvalue weighted by molar-refractivity contribution is -0.173. The van der Waals surface area contributed by atoms with Gasteiger partial charge in [0.15, 0.2) is 5.82 Å². The van der Waals surface area contributed by atoms with Gasteiger partial charge in [-0.1, -0.05) is 0 Å². The van der Waals surface area contributed by atoms with Gasteiger partial charge >= 0.3 is 6.18 Å². The van der Waals surface area contributed by atoms with E-state index in [4.69, 9.17) is 11.6 Å². The fourth-order valence-corrected chi connectivity index (χ4v) is 0.977. The number of rotatable bonds is 5. The summed E-state index contributed by atoms with van der Waals surface area (Å²) in [6.07, 6.45) is -4.07. The summed E-state index contributed by atoms with van der Waals surface area (Å²) in [5.74, 6) is 1.08. The summed E-state index contributed by atoms with van der Waals surface area (Å²) >= 11 is 5.45. The van der Waals surface area contributed by atoms with Crippen molar-refractivity contribution in [1.82, 2.24) is 15.2 Å². The van der Waals surface area contributed by atoms with Gasteiger partial charge in [-0.3, -0.25) is 5.10 Å². The molecule has 1 aromatic rings. The molecule has 0 unspecified atom stereocenters. The number of nitrogens with one attached hydrogen (secondary N) is 1. The predicted molar refractivity (Wildman–Crippen MR) is 46.5 cm³/mol. The van der Waals surface area contributed by atoms with Crippen molar-refractivity contribution >= 4 is 11.6 Å². The summed E-state index contributed by atoms with van der Waals surface area (Å²) in [6, 6.07) is 0. The van der Waals surface area contributed by atoms with Crippen LogP contribution in [0.15, 0.2) is 0 Å². The Bertz CT molecular complexity index is 302. The SMILES string of the molecule is FC(F)(F)COCCc1n[nH]c(CCl)n1. The van der Waals surface area contributed by atoms with Crippen LogP contribution in [0.4, 0.5) is 13.2 Å². The van der Waals surface area contributed by atoms with Crippen molar-refractivity contribution in [1.29, 1.82) is 0 Å². The molecule has 0 bridgehead atoms. The highest BCUT2D eigenvalue weighted by atomic mass is 35.5. The van der Waals surface area contributed by atoms with Crippen LogP contribution >= 0.6 is 11.6 Å². The third-order valence-electron chi connectivity index (χ3n) is 1.44. The Morgan fingerprint density at radius 3 is 2.67 bits per heavy atom. The maximum atomic E-state index is 11.7. The van der Waals surface area contributed by atoms with Crippen LogP contribution < -0.4 is 0 Å². The van der Waals surface area contributed by atoms with Gasteiger partial charge in [0.05, 0.1) is 12.5 Å². The van der Waals surface area contributed by atoms with Gasteiger partial charge in [-0.25, -0.2) is 4.98 Å². The molecular formula is C7H9ClF3N3O. The van der Waals surface area contributed by atoms with Crippen molar-refractivity contribution < 1.29 is 17.9 Å². The number of hydrogen-bond acceptors (Lipinski definition) is 3. The molecule has 15 heavy (non-hydrogen) atoms. The van der Waals surface area contributed by atoms with E-state index in [1.165, 1.54) is 0 Å². The average Bonchev–Trinajstić information content (AvgIpc) is 2.59. The average molecular weight is 244 g/mol. The number of halogens is 4.